The molecule has 0 aromatic heterocycles. The topological polar surface area (TPSA) is 0 Å². The fraction of sp³-hybridized carbons (Fsp3) is 0.833. The van der Waals surface area contributed by atoms with Crippen molar-refractivity contribution in [3.63, 3.8) is 0 Å². The Morgan fingerprint density at radius 1 is 1.17 bits per heavy atom. The molecule has 0 N–H and O–H groups in total. The first-order chi connectivity index (χ1) is 5.39. The van der Waals surface area contributed by atoms with Gasteiger partial charge in [0.05, 0.1) is 0 Å². The molecule has 1 unspecified atom stereocenters. The molecule has 0 aromatic rings. The maximum Gasteiger partial charge on any atom is -0.0186 e. The Morgan fingerprint density at radius 3 is 1.58 bits per heavy atom. The number of hydrogen-bond donors (Lipinski definition) is 0. The maximum absolute atomic E-state index is 2.29. The molecule has 1 atom stereocenters. The van der Waals surface area contributed by atoms with E-state index < -0.39 is 0 Å². The Labute approximate surface area is 79.1 Å². The summed E-state index contributed by atoms with van der Waals surface area (Å²) < 4.78 is 0. The van der Waals surface area contributed by atoms with Gasteiger partial charge in [-0.05, 0) is 25.2 Å². The van der Waals surface area contributed by atoms with Crippen LogP contribution in [-0.4, -0.2) is 0 Å². The largest absolute Gasteiger partial charge is 0.0884 e. The van der Waals surface area contributed by atoms with Crippen LogP contribution in [-0.2, 0) is 0 Å². The summed E-state index contributed by atoms with van der Waals surface area (Å²) in [6.45, 7) is 17.4. The highest BCUT2D eigenvalue weighted by atomic mass is 14.2. The fourth-order valence-electron chi connectivity index (χ4n) is 0.933. The van der Waals surface area contributed by atoms with Gasteiger partial charge in [0.15, 0.2) is 0 Å². The molecule has 0 saturated heterocycles. The molecule has 0 heterocycles. The molecule has 0 spiro atoms. The van der Waals surface area contributed by atoms with Crippen LogP contribution in [0.1, 0.15) is 55.4 Å². The second-order valence-corrected chi connectivity index (χ2v) is 4.12. The third-order valence-electron chi connectivity index (χ3n) is 2.44. The van der Waals surface area contributed by atoms with Gasteiger partial charge >= 0.3 is 0 Å². The molecule has 0 heteroatoms. The molecule has 74 valence electrons. The normalized spacial score (nSPS) is 14.8. The van der Waals surface area contributed by atoms with Crippen molar-refractivity contribution in [3.8, 4) is 0 Å². The summed E-state index contributed by atoms with van der Waals surface area (Å²) in [7, 11) is 0. The average Bonchev–Trinajstić information content (AvgIpc) is 2.04. The second-order valence-electron chi connectivity index (χ2n) is 4.12. The van der Waals surface area contributed by atoms with Gasteiger partial charge in [-0.25, -0.2) is 0 Å². The smallest absolute Gasteiger partial charge is 0.0186 e. The van der Waals surface area contributed by atoms with E-state index in [2.05, 4.69) is 47.6 Å². The van der Waals surface area contributed by atoms with Crippen LogP contribution in [0.3, 0.4) is 0 Å². The van der Waals surface area contributed by atoms with E-state index in [1.54, 1.807) is 0 Å². The minimum absolute atomic E-state index is 0.413. The summed E-state index contributed by atoms with van der Waals surface area (Å²) in [6, 6.07) is 0. The number of rotatable bonds is 1. The first-order valence-electron chi connectivity index (χ1n) is 5.02. The molecule has 0 fully saturated rings. The summed E-state index contributed by atoms with van der Waals surface area (Å²) in [6.07, 6.45) is 2.20. The molecule has 0 radical (unpaired) electrons. The Kier molecular flexibility index (Phi) is 7.47. The quantitative estimate of drug-likeness (QED) is 0.502. The standard InChI is InChI=1S/C10H20.C2H6/c1-7-8(2)9(3)10(4,5)6;1-2/h7,9H,1-6H3;1-2H3/b8-7-;. The summed E-state index contributed by atoms with van der Waals surface area (Å²) in [5.74, 6) is 0.692. The fourth-order valence-corrected chi connectivity index (χ4v) is 0.933. The van der Waals surface area contributed by atoms with Crippen molar-refractivity contribution in [2.45, 2.75) is 55.4 Å². The van der Waals surface area contributed by atoms with Gasteiger partial charge < -0.3 is 0 Å². The zero-order chi connectivity index (χ0) is 10.4. The van der Waals surface area contributed by atoms with Crippen LogP contribution in [0.15, 0.2) is 11.6 Å². The molecule has 0 aliphatic heterocycles. The van der Waals surface area contributed by atoms with E-state index in [4.69, 9.17) is 0 Å². The van der Waals surface area contributed by atoms with E-state index in [1.807, 2.05) is 13.8 Å². The van der Waals surface area contributed by atoms with E-state index in [-0.39, 0.29) is 0 Å². The Hall–Kier alpha value is -0.260. The molecular formula is C12H26. The Balaban J connectivity index is 0. The molecule has 0 bridgehead atoms. The van der Waals surface area contributed by atoms with Gasteiger partial charge in [-0.1, -0.05) is 53.2 Å². The number of allylic oxidation sites excluding steroid dienone is 2. The van der Waals surface area contributed by atoms with Crippen LogP contribution in [0.25, 0.3) is 0 Å². The van der Waals surface area contributed by atoms with E-state index >= 15 is 0 Å². The molecule has 0 saturated carbocycles. The van der Waals surface area contributed by atoms with E-state index in [1.165, 1.54) is 5.57 Å². The van der Waals surface area contributed by atoms with Crippen molar-refractivity contribution in [2.24, 2.45) is 11.3 Å². The van der Waals surface area contributed by atoms with Gasteiger partial charge in [0.25, 0.3) is 0 Å². The summed E-state index contributed by atoms with van der Waals surface area (Å²) in [4.78, 5) is 0. The molecular weight excluding hydrogens is 144 g/mol. The SMILES string of the molecule is C/C=C(/C)C(C)C(C)(C)C.CC. The van der Waals surface area contributed by atoms with Gasteiger partial charge in [0, 0.05) is 0 Å². The Bertz CT molecular complexity index is 123. The lowest BCUT2D eigenvalue weighted by molar-refractivity contribution is 0.300. The second kappa shape index (κ2) is 6.28. The lowest BCUT2D eigenvalue weighted by atomic mass is 9.78. The van der Waals surface area contributed by atoms with E-state index in [0.717, 1.165) is 0 Å². The van der Waals surface area contributed by atoms with Crippen molar-refractivity contribution in [1.82, 2.24) is 0 Å². The highest BCUT2D eigenvalue weighted by Gasteiger charge is 2.20. The van der Waals surface area contributed by atoms with Gasteiger partial charge in [0.1, 0.15) is 0 Å². The van der Waals surface area contributed by atoms with Crippen LogP contribution < -0.4 is 0 Å². The summed E-state index contributed by atoms with van der Waals surface area (Å²) in [5.41, 5.74) is 1.91. The lowest BCUT2D eigenvalue weighted by Gasteiger charge is -2.27. The molecule has 0 aliphatic carbocycles. The highest BCUT2D eigenvalue weighted by Crippen LogP contribution is 2.30. The molecule has 0 nitrogen and oxygen atoms in total. The molecule has 0 rings (SSSR count). The first kappa shape index (κ1) is 14.3. The minimum Gasteiger partial charge on any atom is -0.0884 e. The predicted molar refractivity (Wildman–Crippen MR) is 59.4 cm³/mol. The average molecular weight is 170 g/mol. The van der Waals surface area contributed by atoms with Gasteiger partial charge in [0.2, 0.25) is 0 Å². The van der Waals surface area contributed by atoms with Gasteiger partial charge in [-0.2, -0.15) is 0 Å². The first-order valence-corrected chi connectivity index (χ1v) is 5.02. The Morgan fingerprint density at radius 2 is 1.50 bits per heavy atom. The third kappa shape index (κ3) is 5.40. The van der Waals surface area contributed by atoms with Crippen LogP contribution >= 0.6 is 0 Å². The zero-order valence-corrected chi connectivity index (χ0v) is 10.2. The molecule has 12 heavy (non-hydrogen) atoms. The maximum atomic E-state index is 2.29. The van der Waals surface area contributed by atoms with Crippen molar-refractivity contribution in [3.05, 3.63) is 11.6 Å². The molecule has 0 aliphatic rings. The van der Waals surface area contributed by atoms with Gasteiger partial charge in [-0.15, -0.1) is 0 Å². The summed E-state index contributed by atoms with van der Waals surface area (Å²) >= 11 is 0. The molecule has 0 aromatic carbocycles. The predicted octanol–water partition coefficient (Wildman–Crippen LogP) is 4.66. The van der Waals surface area contributed by atoms with Crippen molar-refractivity contribution in [2.75, 3.05) is 0 Å². The minimum atomic E-state index is 0.413. The van der Waals surface area contributed by atoms with Crippen LogP contribution in [0.4, 0.5) is 0 Å². The monoisotopic (exact) mass is 170 g/mol. The zero-order valence-electron chi connectivity index (χ0n) is 10.2. The lowest BCUT2D eigenvalue weighted by Crippen LogP contribution is -2.17. The summed E-state index contributed by atoms with van der Waals surface area (Å²) in [5, 5.41) is 0. The van der Waals surface area contributed by atoms with Crippen molar-refractivity contribution >= 4 is 0 Å². The molecule has 0 amide bonds. The highest BCUT2D eigenvalue weighted by molar-refractivity contribution is 5.03. The van der Waals surface area contributed by atoms with Gasteiger partial charge in [-0.3, -0.25) is 0 Å². The third-order valence-corrected chi connectivity index (χ3v) is 2.44. The van der Waals surface area contributed by atoms with Crippen molar-refractivity contribution in [1.29, 1.82) is 0 Å². The van der Waals surface area contributed by atoms with Crippen LogP contribution in [0.2, 0.25) is 0 Å². The number of hydrogen-bond acceptors (Lipinski definition) is 0. The van der Waals surface area contributed by atoms with Crippen LogP contribution in [0, 0.1) is 11.3 Å². The van der Waals surface area contributed by atoms with E-state index in [0.29, 0.717) is 11.3 Å². The van der Waals surface area contributed by atoms with Crippen LogP contribution in [0.5, 0.6) is 0 Å². The van der Waals surface area contributed by atoms with Crippen molar-refractivity contribution < 1.29 is 0 Å². The van der Waals surface area contributed by atoms with E-state index in [9.17, 15) is 0 Å².